The van der Waals surface area contributed by atoms with Crippen LogP contribution in [0.15, 0.2) is 21.3 Å². The second kappa shape index (κ2) is 6.42. The molecule has 0 aromatic carbocycles. The van der Waals surface area contributed by atoms with Crippen LogP contribution in [-0.2, 0) is 5.54 Å². The van der Waals surface area contributed by atoms with Gasteiger partial charge in [0.1, 0.15) is 5.54 Å². The Balaban J connectivity index is 1.88. The molecule has 1 saturated carbocycles. The zero-order chi connectivity index (χ0) is 17.3. The molecular formula is C18H25N3O3. The monoisotopic (exact) mass is 331 g/mol. The van der Waals surface area contributed by atoms with E-state index in [2.05, 4.69) is 15.5 Å². The van der Waals surface area contributed by atoms with Gasteiger partial charge in [-0.2, -0.15) is 4.98 Å². The highest BCUT2D eigenvalue weighted by molar-refractivity contribution is 5.93. The second-order valence-corrected chi connectivity index (χ2v) is 7.21. The first kappa shape index (κ1) is 16.7. The molecule has 1 aliphatic rings. The number of carbonyl (C=O) groups excluding carboxylic acids is 1. The zero-order valence-electron chi connectivity index (χ0n) is 14.8. The Morgan fingerprint density at radius 3 is 2.50 bits per heavy atom. The summed E-state index contributed by atoms with van der Waals surface area (Å²) in [7, 11) is 0. The predicted molar refractivity (Wildman–Crippen MR) is 88.8 cm³/mol. The molecule has 1 fully saturated rings. The molecule has 0 radical (unpaired) electrons. The summed E-state index contributed by atoms with van der Waals surface area (Å²) in [5.74, 6) is 1.74. The van der Waals surface area contributed by atoms with Crippen molar-refractivity contribution in [1.82, 2.24) is 15.5 Å². The summed E-state index contributed by atoms with van der Waals surface area (Å²) < 4.78 is 10.8. The van der Waals surface area contributed by atoms with Gasteiger partial charge in [0.05, 0.1) is 6.26 Å². The van der Waals surface area contributed by atoms with Crippen LogP contribution in [0.3, 0.4) is 0 Å². The molecule has 2 heterocycles. The zero-order valence-corrected chi connectivity index (χ0v) is 14.8. The van der Waals surface area contributed by atoms with Crippen LogP contribution in [-0.4, -0.2) is 16.0 Å². The molecule has 130 valence electrons. The minimum Gasteiger partial charge on any atom is -0.459 e. The van der Waals surface area contributed by atoms with E-state index in [0.29, 0.717) is 17.5 Å². The van der Waals surface area contributed by atoms with Crippen molar-refractivity contribution in [2.45, 2.75) is 70.8 Å². The maximum Gasteiger partial charge on any atom is 0.288 e. The molecule has 6 nitrogen and oxygen atoms in total. The number of aromatic nitrogens is 2. The van der Waals surface area contributed by atoms with E-state index in [0.717, 1.165) is 31.2 Å². The van der Waals surface area contributed by atoms with Crippen LogP contribution in [0, 0.1) is 0 Å². The van der Waals surface area contributed by atoms with Gasteiger partial charge < -0.3 is 14.3 Å². The second-order valence-electron chi connectivity index (χ2n) is 7.21. The van der Waals surface area contributed by atoms with Gasteiger partial charge in [0.2, 0.25) is 5.89 Å². The van der Waals surface area contributed by atoms with E-state index in [1.165, 1.54) is 0 Å². The number of hydrogen-bond acceptors (Lipinski definition) is 5. The van der Waals surface area contributed by atoms with Crippen molar-refractivity contribution < 1.29 is 13.7 Å². The quantitative estimate of drug-likeness (QED) is 0.891. The van der Waals surface area contributed by atoms with Gasteiger partial charge in [-0.1, -0.05) is 45.7 Å². The smallest absolute Gasteiger partial charge is 0.288 e. The number of carbonyl (C=O) groups is 1. The number of nitrogens with one attached hydrogen (secondary N) is 1. The molecule has 6 heteroatoms. The molecule has 0 saturated heterocycles. The van der Waals surface area contributed by atoms with Crippen LogP contribution in [0.25, 0.3) is 0 Å². The lowest BCUT2D eigenvalue weighted by atomic mass is 9.95. The molecule has 0 unspecified atom stereocenters. The predicted octanol–water partition coefficient (Wildman–Crippen LogP) is 4.11. The van der Waals surface area contributed by atoms with Gasteiger partial charge in [0, 0.05) is 11.5 Å². The van der Waals surface area contributed by atoms with Gasteiger partial charge in [-0.05, 0) is 24.8 Å². The van der Waals surface area contributed by atoms with Gasteiger partial charge >= 0.3 is 0 Å². The fourth-order valence-corrected chi connectivity index (χ4v) is 3.28. The summed E-state index contributed by atoms with van der Waals surface area (Å²) in [6.07, 6.45) is 5.25. The Morgan fingerprint density at radius 2 is 1.92 bits per heavy atom. The number of hydrogen-bond donors (Lipinski definition) is 1. The summed E-state index contributed by atoms with van der Waals surface area (Å²) in [5, 5.41) is 7.29. The van der Waals surface area contributed by atoms with Gasteiger partial charge in [-0.25, -0.2) is 0 Å². The molecule has 1 amide bonds. The fourth-order valence-electron chi connectivity index (χ4n) is 3.28. The minimum absolute atomic E-state index is 0.165. The van der Waals surface area contributed by atoms with Crippen LogP contribution in [0.2, 0.25) is 0 Å². The number of nitrogens with zero attached hydrogens (tertiary/aromatic N) is 2. The highest BCUT2D eigenvalue weighted by atomic mass is 16.5. The van der Waals surface area contributed by atoms with E-state index >= 15 is 0 Å². The van der Waals surface area contributed by atoms with Crippen molar-refractivity contribution in [2.24, 2.45) is 0 Å². The average molecular weight is 331 g/mol. The largest absolute Gasteiger partial charge is 0.459 e. The Bertz CT molecular complexity index is 709. The van der Waals surface area contributed by atoms with E-state index in [4.69, 9.17) is 8.94 Å². The van der Waals surface area contributed by atoms with Crippen LogP contribution in [0.5, 0.6) is 0 Å². The first-order valence-corrected chi connectivity index (χ1v) is 8.67. The lowest BCUT2D eigenvalue weighted by Crippen LogP contribution is -2.44. The van der Waals surface area contributed by atoms with Gasteiger partial charge in [0.15, 0.2) is 11.6 Å². The van der Waals surface area contributed by atoms with E-state index in [1.807, 2.05) is 33.8 Å². The van der Waals surface area contributed by atoms with Crippen LogP contribution >= 0.6 is 0 Å². The third-order valence-corrected chi connectivity index (χ3v) is 4.70. The molecule has 0 bridgehead atoms. The average Bonchev–Trinajstić information content (AvgIpc) is 3.27. The summed E-state index contributed by atoms with van der Waals surface area (Å²) in [5.41, 5.74) is 0.353. The molecular weight excluding hydrogens is 306 g/mol. The Kier molecular flexibility index (Phi) is 4.47. The Labute approximate surface area is 142 Å². The Morgan fingerprint density at radius 1 is 1.21 bits per heavy atom. The maximum absolute atomic E-state index is 12.8. The summed E-state index contributed by atoms with van der Waals surface area (Å²) >= 11 is 0. The third-order valence-electron chi connectivity index (χ3n) is 4.70. The molecule has 2 aromatic rings. The molecule has 1 aliphatic carbocycles. The van der Waals surface area contributed by atoms with E-state index in [-0.39, 0.29) is 17.7 Å². The third kappa shape index (κ3) is 2.97. The topological polar surface area (TPSA) is 81.2 Å². The van der Waals surface area contributed by atoms with Crippen molar-refractivity contribution in [2.75, 3.05) is 0 Å². The van der Waals surface area contributed by atoms with Crippen molar-refractivity contribution in [3.63, 3.8) is 0 Å². The molecule has 0 atom stereocenters. The van der Waals surface area contributed by atoms with Gasteiger partial charge in [-0.15, -0.1) is 0 Å². The van der Waals surface area contributed by atoms with E-state index in [1.54, 1.807) is 6.26 Å². The Hall–Kier alpha value is -2.11. The first-order chi connectivity index (χ1) is 11.4. The highest BCUT2D eigenvalue weighted by Crippen LogP contribution is 2.38. The highest BCUT2D eigenvalue weighted by Gasteiger charge is 2.42. The lowest BCUT2D eigenvalue weighted by molar-refractivity contribution is 0.0861. The van der Waals surface area contributed by atoms with Gasteiger partial charge in [-0.3, -0.25) is 4.79 Å². The SMILES string of the molecule is CC(C)c1nc(C2(NC(=O)c3occc3C(C)C)CCCC2)no1. The van der Waals surface area contributed by atoms with Crippen LogP contribution in [0.1, 0.15) is 93.0 Å². The first-order valence-electron chi connectivity index (χ1n) is 8.67. The number of amides is 1. The molecule has 24 heavy (non-hydrogen) atoms. The van der Waals surface area contributed by atoms with Crippen LogP contribution in [0.4, 0.5) is 0 Å². The van der Waals surface area contributed by atoms with Gasteiger partial charge in [0.25, 0.3) is 5.91 Å². The summed E-state index contributed by atoms with van der Waals surface area (Å²) in [6, 6.07) is 1.85. The lowest BCUT2D eigenvalue weighted by Gasteiger charge is -2.26. The van der Waals surface area contributed by atoms with Crippen molar-refractivity contribution in [1.29, 1.82) is 0 Å². The summed E-state index contributed by atoms with van der Waals surface area (Å²) in [6.45, 7) is 8.10. The molecule has 2 aromatic heterocycles. The molecule has 0 spiro atoms. The standard InChI is InChI=1S/C18H25N3O3/c1-11(2)13-7-10-23-14(13)15(22)20-18(8-5-6-9-18)17-19-16(12(3)4)24-21-17/h7,10-12H,5-6,8-9H2,1-4H3,(H,20,22). The van der Waals surface area contributed by atoms with Crippen molar-refractivity contribution in [3.8, 4) is 0 Å². The maximum atomic E-state index is 12.8. The van der Waals surface area contributed by atoms with E-state index in [9.17, 15) is 4.79 Å². The summed E-state index contributed by atoms with van der Waals surface area (Å²) in [4.78, 5) is 17.3. The molecule has 0 aliphatic heterocycles. The van der Waals surface area contributed by atoms with E-state index < -0.39 is 5.54 Å². The number of furan rings is 1. The normalized spacial score (nSPS) is 16.9. The fraction of sp³-hybridized carbons (Fsp3) is 0.611. The van der Waals surface area contributed by atoms with Crippen molar-refractivity contribution in [3.05, 3.63) is 35.4 Å². The van der Waals surface area contributed by atoms with Crippen molar-refractivity contribution >= 4 is 5.91 Å². The number of rotatable bonds is 5. The molecule has 3 rings (SSSR count). The molecule has 1 N–H and O–H groups in total. The minimum atomic E-state index is -0.561. The van der Waals surface area contributed by atoms with Crippen LogP contribution < -0.4 is 5.32 Å².